The molecule has 2 aromatic rings. The van der Waals surface area contributed by atoms with Crippen molar-refractivity contribution in [3.8, 4) is 5.69 Å². The molecule has 0 amide bonds. The minimum atomic E-state index is -0.282. The van der Waals surface area contributed by atoms with Crippen molar-refractivity contribution in [1.82, 2.24) is 14.3 Å². The van der Waals surface area contributed by atoms with Crippen LogP contribution in [0.2, 0.25) is 10.3 Å². The van der Waals surface area contributed by atoms with Crippen molar-refractivity contribution >= 4 is 23.2 Å². The topological polar surface area (TPSA) is 39.8 Å². The third-order valence-electron chi connectivity index (χ3n) is 2.28. The molecule has 2 rings (SSSR count). The van der Waals surface area contributed by atoms with Crippen LogP contribution in [-0.4, -0.2) is 14.3 Å². The van der Waals surface area contributed by atoms with Gasteiger partial charge in [-0.15, -0.1) is 5.10 Å². The molecule has 0 radical (unpaired) electrons. The minimum Gasteiger partial charge on any atom is -0.246 e. The lowest BCUT2D eigenvalue weighted by atomic mass is 10.2. The molecule has 1 heterocycles. The lowest BCUT2D eigenvalue weighted by Gasteiger charge is -2.05. The molecular formula is C10H9Cl2N3O. The van der Waals surface area contributed by atoms with Crippen molar-refractivity contribution in [1.29, 1.82) is 0 Å². The van der Waals surface area contributed by atoms with Crippen LogP contribution in [0.5, 0.6) is 0 Å². The average molecular weight is 258 g/mol. The van der Waals surface area contributed by atoms with Gasteiger partial charge in [-0.25, -0.2) is 14.0 Å². The fourth-order valence-electron chi connectivity index (χ4n) is 1.51. The number of benzene rings is 1. The highest BCUT2D eigenvalue weighted by Crippen LogP contribution is 2.19. The van der Waals surface area contributed by atoms with Gasteiger partial charge in [-0.2, -0.15) is 0 Å². The highest BCUT2D eigenvalue weighted by Gasteiger charge is 2.12. The van der Waals surface area contributed by atoms with Gasteiger partial charge in [0.15, 0.2) is 0 Å². The molecule has 1 aromatic carbocycles. The molecule has 0 bridgehead atoms. The van der Waals surface area contributed by atoms with Gasteiger partial charge in [-0.1, -0.05) is 11.6 Å². The Morgan fingerprint density at radius 3 is 2.50 bits per heavy atom. The predicted molar refractivity (Wildman–Crippen MR) is 63.6 cm³/mol. The fraction of sp³-hybridized carbons (Fsp3) is 0.200. The second-order valence-corrected chi connectivity index (χ2v) is 4.22. The van der Waals surface area contributed by atoms with Gasteiger partial charge in [0.2, 0.25) is 5.28 Å². The van der Waals surface area contributed by atoms with Gasteiger partial charge in [0.1, 0.15) is 0 Å². The SMILES string of the molecule is Cc1cc(Cl)ccc1-n1c(Cl)nn(C)c1=O. The number of aryl methyl sites for hydroxylation is 2. The largest absolute Gasteiger partial charge is 0.351 e. The molecule has 0 aliphatic rings. The van der Waals surface area contributed by atoms with Crippen LogP contribution in [0.1, 0.15) is 5.56 Å². The molecule has 0 aliphatic carbocycles. The summed E-state index contributed by atoms with van der Waals surface area (Å²) in [7, 11) is 1.55. The summed E-state index contributed by atoms with van der Waals surface area (Å²) in [6, 6.07) is 5.22. The average Bonchev–Trinajstić information content (AvgIpc) is 2.43. The first-order chi connectivity index (χ1) is 7.50. The van der Waals surface area contributed by atoms with E-state index >= 15 is 0 Å². The van der Waals surface area contributed by atoms with Crippen molar-refractivity contribution in [2.75, 3.05) is 0 Å². The van der Waals surface area contributed by atoms with E-state index < -0.39 is 0 Å². The Morgan fingerprint density at radius 2 is 2.00 bits per heavy atom. The summed E-state index contributed by atoms with van der Waals surface area (Å²) in [5.74, 6) is 0. The van der Waals surface area contributed by atoms with Crippen molar-refractivity contribution in [3.05, 3.63) is 44.6 Å². The molecule has 0 unspecified atom stereocenters. The van der Waals surface area contributed by atoms with Crippen LogP contribution in [0.3, 0.4) is 0 Å². The predicted octanol–water partition coefficient (Wildman–Crippen LogP) is 2.19. The summed E-state index contributed by atoms with van der Waals surface area (Å²) < 4.78 is 2.53. The molecule has 6 heteroatoms. The van der Waals surface area contributed by atoms with Gasteiger partial charge in [-0.05, 0) is 42.3 Å². The summed E-state index contributed by atoms with van der Waals surface area (Å²) in [6.07, 6.45) is 0. The third-order valence-corrected chi connectivity index (χ3v) is 2.76. The lowest BCUT2D eigenvalue weighted by molar-refractivity contribution is 0.726. The summed E-state index contributed by atoms with van der Waals surface area (Å²) in [5.41, 5.74) is 1.27. The first-order valence-electron chi connectivity index (χ1n) is 4.59. The fourth-order valence-corrected chi connectivity index (χ4v) is 2.01. The minimum absolute atomic E-state index is 0.137. The van der Waals surface area contributed by atoms with E-state index in [-0.39, 0.29) is 11.0 Å². The number of hydrogen-bond donors (Lipinski definition) is 0. The highest BCUT2D eigenvalue weighted by molar-refractivity contribution is 6.30. The Morgan fingerprint density at radius 1 is 1.31 bits per heavy atom. The van der Waals surface area contributed by atoms with E-state index in [1.807, 2.05) is 6.92 Å². The first-order valence-corrected chi connectivity index (χ1v) is 5.34. The summed E-state index contributed by atoms with van der Waals surface area (Å²) in [6.45, 7) is 1.86. The smallest absolute Gasteiger partial charge is 0.246 e. The van der Waals surface area contributed by atoms with Gasteiger partial charge in [0, 0.05) is 12.1 Å². The maximum atomic E-state index is 11.8. The Hall–Kier alpha value is -1.26. The number of halogens is 2. The van der Waals surface area contributed by atoms with Crippen molar-refractivity contribution in [2.24, 2.45) is 7.05 Å². The van der Waals surface area contributed by atoms with E-state index in [9.17, 15) is 4.79 Å². The maximum absolute atomic E-state index is 11.8. The van der Waals surface area contributed by atoms with E-state index in [2.05, 4.69) is 5.10 Å². The zero-order valence-corrected chi connectivity index (χ0v) is 10.2. The second kappa shape index (κ2) is 3.96. The molecule has 0 N–H and O–H groups in total. The molecule has 4 nitrogen and oxygen atoms in total. The van der Waals surface area contributed by atoms with Gasteiger partial charge < -0.3 is 0 Å². The van der Waals surface area contributed by atoms with Gasteiger partial charge >= 0.3 is 5.69 Å². The summed E-state index contributed by atoms with van der Waals surface area (Å²) >= 11 is 11.7. The number of hydrogen-bond acceptors (Lipinski definition) is 2. The second-order valence-electron chi connectivity index (χ2n) is 3.44. The van der Waals surface area contributed by atoms with Gasteiger partial charge in [0.25, 0.3) is 0 Å². The van der Waals surface area contributed by atoms with Crippen LogP contribution >= 0.6 is 23.2 Å². The Labute approximate surface area is 102 Å². The summed E-state index contributed by atoms with van der Waals surface area (Å²) in [4.78, 5) is 11.8. The van der Waals surface area contributed by atoms with Crippen LogP contribution in [0.4, 0.5) is 0 Å². The first kappa shape index (κ1) is 11.2. The Kier molecular flexibility index (Phi) is 2.78. The Bertz CT molecular complexity index is 601. The quantitative estimate of drug-likeness (QED) is 0.786. The molecule has 0 atom stereocenters. The monoisotopic (exact) mass is 257 g/mol. The molecule has 0 spiro atoms. The van der Waals surface area contributed by atoms with E-state index in [0.717, 1.165) is 5.56 Å². The normalized spacial score (nSPS) is 10.8. The molecule has 0 fully saturated rings. The van der Waals surface area contributed by atoms with Crippen LogP contribution < -0.4 is 5.69 Å². The highest BCUT2D eigenvalue weighted by atomic mass is 35.5. The van der Waals surface area contributed by atoms with Crippen LogP contribution in [0.15, 0.2) is 23.0 Å². The standard InChI is InChI=1S/C10H9Cl2N3O/c1-6-5-7(11)3-4-8(6)15-9(12)13-14(2)10(15)16/h3-5H,1-2H3. The number of rotatable bonds is 1. The van der Waals surface area contributed by atoms with Crippen LogP contribution in [-0.2, 0) is 7.05 Å². The zero-order chi connectivity index (χ0) is 11.9. The van der Waals surface area contributed by atoms with Gasteiger partial charge in [0.05, 0.1) is 5.69 Å². The number of aromatic nitrogens is 3. The van der Waals surface area contributed by atoms with Crippen molar-refractivity contribution < 1.29 is 0 Å². The molecule has 0 aliphatic heterocycles. The number of nitrogens with zero attached hydrogens (tertiary/aromatic N) is 3. The third kappa shape index (κ3) is 1.74. The van der Waals surface area contributed by atoms with Crippen LogP contribution in [0, 0.1) is 6.92 Å². The van der Waals surface area contributed by atoms with Crippen LogP contribution in [0.25, 0.3) is 5.69 Å². The Balaban J connectivity index is 2.72. The van der Waals surface area contributed by atoms with E-state index in [4.69, 9.17) is 23.2 Å². The molecule has 1 aromatic heterocycles. The van der Waals surface area contributed by atoms with E-state index in [1.54, 1.807) is 25.2 Å². The zero-order valence-electron chi connectivity index (χ0n) is 8.74. The molecule has 0 saturated carbocycles. The van der Waals surface area contributed by atoms with Crippen molar-refractivity contribution in [2.45, 2.75) is 6.92 Å². The van der Waals surface area contributed by atoms with Crippen molar-refractivity contribution in [3.63, 3.8) is 0 Å². The maximum Gasteiger partial charge on any atom is 0.351 e. The van der Waals surface area contributed by atoms with E-state index in [1.165, 1.54) is 9.25 Å². The van der Waals surface area contributed by atoms with Gasteiger partial charge in [-0.3, -0.25) is 0 Å². The van der Waals surface area contributed by atoms with E-state index in [0.29, 0.717) is 10.7 Å². The molecule has 16 heavy (non-hydrogen) atoms. The molecule has 84 valence electrons. The molecule has 0 saturated heterocycles. The lowest BCUT2D eigenvalue weighted by Crippen LogP contribution is -2.21. The molecular weight excluding hydrogens is 249 g/mol. The summed E-state index contributed by atoms with van der Waals surface area (Å²) in [5, 5.41) is 4.61.